The number of aromatic nitrogens is 2. The average Bonchev–Trinajstić information content (AvgIpc) is 2.97. The van der Waals surface area contributed by atoms with Crippen molar-refractivity contribution in [2.45, 2.75) is 15.8 Å². The van der Waals surface area contributed by atoms with Crippen molar-refractivity contribution < 1.29 is 16.8 Å². The third kappa shape index (κ3) is 3.54. The number of nitrogens with one attached hydrogen (secondary N) is 2. The highest BCUT2D eigenvalue weighted by Gasteiger charge is 2.17. The summed E-state index contributed by atoms with van der Waals surface area (Å²) in [6.07, 6.45) is 1.32. The van der Waals surface area contributed by atoms with Gasteiger partial charge in [-0.25, -0.2) is 21.6 Å². The average molecular weight is 342 g/mol. The van der Waals surface area contributed by atoms with E-state index in [-0.39, 0.29) is 15.8 Å². The standard InChI is InChI=1S/C8H8ClN3O4S3/c9-18(13,14)8-2-1-6(17-8)5-11-19(15,16)7-3-4-10-12-7/h1-4,11H,5H2,(H,10,12). The number of hydrogen-bond acceptors (Lipinski definition) is 6. The molecule has 11 heteroatoms. The molecule has 104 valence electrons. The second-order valence-electron chi connectivity index (χ2n) is 3.40. The van der Waals surface area contributed by atoms with Crippen LogP contribution in [-0.2, 0) is 25.6 Å². The van der Waals surface area contributed by atoms with E-state index in [1.54, 1.807) is 0 Å². The van der Waals surface area contributed by atoms with E-state index >= 15 is 0 Å². The summed E-state index contributed by atoms with van der Waals surface area (Å²) in [5.41, 5.74) is 0. The molecule has 0 aliphatic carbocycles. The van der Waals surface area contributed by atoms with Gasteiger partial charge in [-0.1, -0.05) is 0 Å². The first-order chi connectivity index (χ1) is 8.79. The number of nitrogens with zero attached hydrogens (tertiary/aromatic N) is 1. The Morgan fingerprint density at radius 1 is 1.26 bits per heavy atom. The molecular formula is C8H8ClN3O4S3. The van der Waals surface area contributed by atoms with E-state index in [4.69, 9.17) is 10.7 Å². The van der Waals surface area contributed by atoms with Crippen LogP contribution in [0.2, 0.25) is 0 Å². The maximum absolute atomic E-state index is 11.7. The number of aromatic amines is 1. The highest BCUT2D eigenvalue weighted by Crippen LogP contribution is 2.24. The summed E-state index contributed by atoms with van der Waals surface area (Å²) in [6, 6.07) is 4.13. The van der Waals surface area contributed by atoms with Crippen molar-refractivity contribution in [2.24, 2.45) is 0 Å². The Morgan fingerprint density at radius 3 is 2.53 bits per heavy atom. The fourth-order valence-corrected chi connectivity index (χ4v) is 4.29. The maximum Gasteiger partial charge on any atom is 0.270 e. The van der Waals surface area contributed by atoms with Crippen LogP contribution in [0.3, 0.4) is 0 Å². The lowest BCUT2D eigenvalue weighted by atomic mass is 10.5. The summed E-state index contributed by atoms with van der Waals surface area (Å²) in [5, 5.41) is 5.81. The summed E-state index contributed by atoms with van der Waals surface area (Å²) in [4.78, 5) is 0.530. The molecule has 0 saturated heterocycles. The Morgan fingerprint density at radius 2 is 2.00 bits per heavy atom. The predicted molar refractivity (Wildman–Crippen MR) is 70.0 cm³/mol. The molecular weight excluding hydrogens is 334 g/mol. The van der Waals surface area contributed by atoms with Crippen LogP contribution in [-0.4, -0.2) is 27.0 Å². The molecule has 19 heavy (non-hydrogen) atoms. The van der Waals surface area contributed by atoms with Gasteiger partial charge in [-0.2, -0.15) is 5.10 Å². The highest BCUT2D eigenvalue weighted by atomic mass is 35.7. The first kappa shape index (κ1) is 14.5. The van der Waals surface area contributed by atoms with Gasteiger partial charge >= 0.3 is 0 Å². The molecule has 2 aromatic rings. The molecule has 0 aliphatic rings. The van der Waals surface area contributed by atoms with Crippen LogP contribution in [0.1, 0.15) is 4.88 Å². The molecule has 0 saturated carbocycles. The molecule has 0 unspecified atom stereocenters. The number of H-pyrrole nitrogens is 1. The number of rotatable bonds is 5. The van der Waals surface area contributed by atoms with Gasteiger partial charge < -0.3 is 0 Å². The van der Waals surface area contributed by atoms with Crippen LogP contribution in [0.25, 0.3) is 0 Å². The zero-order valence-corrected chi connectivity index (χ0v) is 12.4. The number of halogens is 1. The summed E-state index contributed by atoms with van der Waals surface area (Å²) >= 11 is 0.905. The molecule has 2 heterocycles. The van der Waals surface area contributed by atoms with Crippen molar-refractivity contribution in [3.05, 3.63) is 29.3 Å². The quantitative estimate of drug-likeness (QED) is 0.784. The first-order valence-corrected chi connectivity index (χ1v) is 9.42. The van der Waals surface area contributed by atoms with Gasteiger partial charge in [0.25, 0.3) is 19.1 Å². The molecule has 0 fully saturated rings. The molecule has 0 aromatic carbocycles. The zero-order chi connectivity index (χ0) is 14.1. The predicted octanol–water partition coefficient (Wildman–Crippen LogP) is 0.877. The molecule has 0 atom stereocenters. The van der Waals surface area contributed by atoms with E-state index in [1.807, 2.05) is 0 Å². The monoisotopic (exact) mass is 341 g/mol. The SMILES string of the molecule is O=S(=O)(Cl)c1ccc(CNS(=O)(=O)c2ccn[nH]2)s1. The molecule has 2 N–H and O–H groups in total. The lowest BCUT2D eigenvalue weighted by Crippen LogP contribution is -2.23. The maximum atomic E-state index is 11.7. The van der Waals surface area contributed by atoms with Crippen LogP contribution in [0.15, 0.2) is 33.6 Å². The summed E-state index contributed by atoms with van der Waals surface area (Å²) in [5.74, 6) is 0. The summed E-state index contributed by atoms with van der Waals surface area (Å²) < 4.78 is 47.9. The largest absolute Gasteiger partial charge is 0.270 e. The molecule has 0 radical (unpaired) electrons. The second kappa shape index (κ2) is 5.21. The highest BCUT2D eigenvalue weighted by molar-refractivity contribution is 8.15. The van der Waals surface area contributed by atoms with E-state index in [0.29, 0.717) is 4.88 Å². The van der Waals surface area contributed by atoms with Crippen molar-refractivity contribution in [3.8, 4) is 0 Å². The van der Waals surface area contributed by atoms with Crippen LogP contribution in [0.5, 0.6) is 0 Å². The fraction of sp³-hybridized carbons (Fsp3) is 0.125. The van der Waals surface area contributed by atoms with Gasteiger partial charge in [0.1, 0.15) is 4.21 Å². The van der Waals surface area contributed by atoms with Gasteiger partial charge in [-0.15, -0.1) is 11.3 Å². The Kier molecular flexibility index (Phi) is 3.97. The van der Waals surface area contributed by atoms with Gasteiger partial charge in [-0.05, 0) is 18.2 Å². The minimum atomic E-state index is -3.78. The van der Waals surface area contributed by atoms with Crippen molar-refractivity contribution in [3.63, 3.8) is 0 Å². The normalized spacial score (nSPS) is 12.7. The van der Waals surface area contributed by atoms with Crippen LogP contribution >= 0.6 is 22.0 Å². The summed E-state index contributed by atoms with van der Waals surface area (Å²) in [6.45, 7) is -0.0293. The van der Waals surface area contributed by atoms with E-state index in [1.165, 1.54) is 24.4 Å². The smallest absolute Gasteiger partial charge is 0.266 e. The first-order valence-electron chi connectivity index (χ1n) is 4.81. The number of hydrogen-bond donors (Lipinski definition) is 2. The third-order valence-corrected chi connectivity index (χ3v) is 6.59. The fourth-order valence-electron chi connectivity index (χ4n) is 1.22. The molecule has 2 rings (SSSR count). The third-order valence-electron chi connectivity index (χ3n) is 2.08. The van der Waals surface area contributed by atoms with Gasteiger partial charge in [0.05, 0.1) is 6.20 Å². The Bertz CT molecular complexity index is 764. The van der Waals surface area contributed by atoms with Gasteiger partial charge in [0.2, 0.25) is 0 Å². The molecule has 0 bridgehead atoms. The van der Waals surface area contributed by atoms with Gasteiger partial charge in [0, 0.05) is 22.1 Å². The van der Waals surface area contributed by atoms with Crippen molar-refractivity contribution in [1.29, 1.82) is 0 Å². The van der Waals surface area contributed by atoms with E-state index in [0.717, 1.165) is 11.3 Å². The van der Waals surface area contributed by atoms with Crippen LogP contribution in [0.4, 0.5) is 0 Å². The number of sulfonamides is 1. The Labute approximate surface area is 118 Å². The van der Waals surface area contributed by atoms with Crippen molar-refractivity contribution in [2.75, 3.05) is 0 Å². The molecule has 0 amide bonds. The molecule has 0 spiro atoms. The van der Waals surface area contributed by atoms with E-state index in [2.05, 4.69) is 14.9 Å². The minimum Gasteiger partial charge on any atom is -0.266 e. The number of thiophene rings is 1. The molecule has 7 nitrogen and oxygen atoms in total. The minimum absolute atomic E-state index is 0.0232. The second-order valence-corrected chi connectivity index (χ2v) is 9.10. The topological polar surface area (TPSA) is 109 Å². The van der Waals surface area contributed by atoms with E-state index < -0.39 is 19.1 Å². The van der Waals surface area contributed by atoms with Crippen molar-refractivity contribution >= 4 is 41.1 Å². The van der Waals surface area contributed by atoms with Gasteiger partial charge in [0.15, 0.2) is 5.03 Å². The summed E-state index contributed by atoms with van der Waals surface area (Å²) in [7, 11) is -2.29. The lowest BCUT2D eigenvalue weighted by Gasteiger charge is -2.02. The van der Waals surface area contributed by atoms with E-state index in [9.17, 15) is 16.8 Å². The van der Waals surface area contributed by atoms with Crippen molar-refractivity contribution in [1.82, 2.24) is 14.9 Å². The lowest BCUT2D eigenvalue weighted by molar-refractivity contribution is 0.577. The Balaban J connectivity index is 2.10. The molecule has 0 aliphatic heterocycles. The van der Waals surface area contributed by atoms with Crippen LogP contribution in [0, 0.1) is 0 Å². The van der Waals surface area contributed by atoms with Gasteiger partial charge in [-0.3, -0.25) is 5.10 Å². The zero-order valence-electron chi connectivity index (χ0n) is 9.20. The molecule has 2 aromatic heterocycles. The van der Waals surface area contributed by atoms with Crippen LogP contribution < -0.4 is 4.72 Å². The Hall–Kier alpha value is -0.940.